The van der Waals surface area contributed by atoms with Gasteiger partial charge in [0.2, 0.25) is 0 Å². The highest BCUT2D eigenvalue weighted by molar-refractivity contribution is 7.85. The zero-order valence-electron chi connectivity index (χ0n) is 10.0. The first-order valence-corrected chi connectivity index (χ1v) is 7.47. The number of rotatable bonds is 5. The first kappa shape index (κ1) is 15.0. The van der Waals surface area contributed by atoms with Crippen molar-refractivity contribution >= 4 is 34.0 Å². The van der Waals surface area contributed by atoms with Crippen LogP contribution >= 0.6 is 23.2 Å². The molecule has 0 radical (unpaired) electrons. The van der Waals surface area contributed by atoms with Gasteiger partial charge in [0, 0.05) is 10.8 Å². The zero-order valence-corrected chi connectivity index (χ0v) is 12.3. The monoisotopic (exact) mass is 293 g/mol. The molecule has 5 heteroatoms. The van der Waals surface area contributed by atoms with Gasteiger partial charge in [0.15, 0.2) is 0 Å². The average molecular weight is 294 g/mol. The maximum absolute atomic E-state index is 12.1. The van der Waals surface area contributed by atoms with Gasteiger partial charge < -0.3 is 5.73 Å². The second kappa shape index (κ2) is 6.19. The topological polar surface area (TPSA) is 43.1 Å². The lowest BCUT2D eigenvalue weighted by Crippen LogP contribution is -2.25. The second-order valence-electron chi connectivity index (χ2n) is 4.74. The van der Waals surface area contributed by atoms with Gasteiger partial charge in [0.05, 0.1) is 20.7 Å². The van der Waals surface area contributed by atoms with Crippen molar-refractivity contribution in [3.8, 4) is 0 Å². The molecule has 0 heterocycles. The van der Waals surface area contributed by atoms with Crippen LogP contribution in [-0.2, 0) is 10.8 Å². The summed E-state index contributed by atoms with van der Waals surface area (Å²) in [6, 6.07) is 5.02. The molecule has 1 rings (SSSR count). The van der Waals surface area contributed by atoms with E-state index < -0.39 is 10.8 Å². The minimum atomic E-state index is -1.13. The molecule has 0 aliphatic rings. The van der Waals surface area contributed by atoms with E-state index in [1.165, 1.54) is 0 Å². The van der Waals surface area contributed by atoms with E-state index in [-0.39, 0.29) is 5.41 Å². The van der Waals surface area contributed by atoms with E-state index in [1.807, 2.05) is 0 Å². The van der Waals surface area contributed by atoms with Crippen LogP contribution in [0.3, 0.4) is 0 Å². The Bertz CT molecular complexity index is 421. The van der Waals surface area contributed by atoms with Gasteiger partial charge in [-0.2, -0.15) is 0 Å². The quantitative estimate of drug-likeness (QED) is 0.903. The molecule has 17 heavy (non-hydrogen) atoms. The van der Waals surface area contributed by atoms with Crippen LogP contribution in [0.5, 0.6) is 0 Å². The third-order valence-electron chi connectivity index (χ3n) is 2.66. The highest BCUT2D eigenvalue weighted by atomic mass is 35.5. The largest absolute Gasteiger partial charge is 0.330 e. The molecule has 0 bridgehead atoms. The van der Waals surface area contributed by atoms with E-state index in [0.717, 1.165) is 6.42 Å². The maximum atomic E-state index is 12.1. The van der Waals surface area contributed by atoms with Gasteiger partial charge in [-0.05, 0) is 36.6 Å². The number of benzene rings is 1. The van der Waals surface area contributed by atoms with Gasteiger partial charge in [-0.1, -0.05) is 37.0 Å². The normalized spacial score (nSPS) is 13.7. The van der Waals surface area contributed by atoms with Gasteiger partial charge in [0.25, 0.3) is 0 Å². The smallest absolute Gasteiger partial charge is 0.0589 e. The van der Waals surface area contributed by atoms with Crippen molar-refractivity contribution in [2.75, 3.05) is 12.3 Å². The van der Waals surface area contributed by atoms with Gasteiger partial charge in [-0.15, -0.1) is 0 Å². The Morgan fingerprint density at radius 3 is 2.59 bits per heavy atom. The molecule has 0 saturated heterocycles. The van der Waals surface area contributed by atoms with E-state index in [4.69, 9.17) is 28.9 Å². The van der Waals surface area contributed by atoms with Gasteiger partial charge in [0.1, 0.15) is 0 Å². The lowest BCUT2D eigenvalue weighted by Gasteiger charge is -2.21. The highest BCUT2D eigenvalue weighted by Gasteiger charge is 2.18. The summed E-state index contributed by atoms with van der Waals surface area (Å²) >= 11 is 11.9. The Balaban J connectivity index is 2.74. The second-order valence-corrected chi connectivity index (χ2v) is 7.13. The van der Waals surface area contributed by atoms with Crippen LogP contribution < -0.4 is 5.73 Å². The molecule has 1 unspecified atom stereocenters. The maximum Gasteiger partial charge on any atom is 0.0589 e. The van der Waals surface area contributed by atoms with Gasteiger partial charge in [-0.25, -0.2) is 0 Å². The van der Waals surface area contributed by atoms with Crippen molar-refractivity contribution in [3.63, 3.8) is 0 Å². The van der Waals surface area contributed by atoms with E-state index in [9.17, 15) is 4.21 Å². The summed E-state index contributed by atoms with van der Waals surface area (Å²) in [7, 11) is -1.13. The lowest BCUT2D eigenvalue weighted by atomic mass is 9.91. The van der Waals surface area contributed by atoms with Crippen LogP contribution in [0.1, 0.15) is 20.3 Å². The molecule has 0 fully saturated rings. The van der Waals surface area contributed by atoms with Crippen molar-refractivity contribution in [2.45, 2.75) is 25.2 Å². The molecule has 0 amide bonds. The molecular weight excluding hydrogens is 277 g/mol. The molecule has 2 nitrogen and oxygen atoms in total. The molecule has 0 saturated carbocycles. The molecule has 0 aliphatic heterocycles. The molecule has 2 N–H and O–H groups in total. The summed E-state index contributed by atoms with van der Waals surface area (Å²) in [5.41, 5.74) is 5.64. The van der Waals surface area contributed by atoms with Crippen LogP contribution in [0.2, 0.25) is 10.0 Å². The predicted molar refractivity (Wildman–Crippen MR) is 75.2 cm³/mol. The fourth-order valence-electron chi connectivity index (χ4n) is 1.23. The predicted octanol–water partition coefficient (Wildman–Crippen LogP) is 3.48. The summed E-state index contributed by atoms with van der Waals surface area (Å²) in [5, 5.41) is 1.05. The molecular formula is C12H17Cl2NOS. The Hall–Kier alpha value is -0.0900. The van der Waals surface area contributed by atoms with E-state index >= 15 is 0 Å². The Morgan fingerprint density at radius 2 is 2.00 bits per heavy atom. The van der Waals surface area contributed by atoms with E-state index in [2.05, 4.69) is 13.8 Å². The average Bonchev–Trinajstić information content (AvgIpc) is 2.29. The highest BCUT2D eigenvalue weighted by Crippen LogP contribution is 2.26. The van der Waals surface area contributed by atoms with Crippen LogP contribution in [0, 0.1) is 5.41 Å². The molecule has 1 aromatic rings. The molecule has 1 atom stereocenters. The lowest BCUT2D eigenvalue weighted by molar-refractivity contribution is 0.367. The Morgan fingerprint density at radius 1 is 1.35 bits per heavy atom. The van der Waals surface area contributed by atoms with Crippen molar-refractivity contribution in [3.05, 3.63) is 28.2 Å². The molecule has 96 valence electrons. The van der Waals surface area contributed by atoms with Crippen LogP contribution in [0.25, 0.3) is 0 Å². The summed E-state index contributed by atoms with van der Waals surface area (Å²) in [6.07, 6.45) is 0.791. The van der Waals surface area contributed by atoms with Crippen molar-refractivity contribution < 1.29 is 4.21 Å². The van der Waals surface area contributed by atoms with E-state index in [0.29, 0.717) is 27.2 Å². The van der Waals surface area contributed by atoms with Crippen LogP contribution in [0.4, 0.5) is 0 Å². The van der Waals surface area contributed by atoms with Crippen LogP contribution in [0.15, 0.2) is 23.1 Å². The summed E-state index contributed by atoms with van der Waals surface area (Å²) in [5.74, 6) is 0.546. The molecule has 0 aliphatic carbocycles. The minimum absolute atomic E-state index is 0.000706. The fourth-order valence-corrected chi connectivity index (χ4v) is 3.35. The summed E-state index contributed by atoms with van der Waals surface area (Å²) < 4.78 is 12.1. The van der Waals surface area contributed by atoms with Gasteiger partial charge >= 0.3 is 0 Å². The van der Waals surface area contributed by atoms with Crippen molar-refractivity contribution in [2.24, 2.45) is 11.1 Å². The molecule has 1 aromatic carbocycles. The van der Waals surface area contributed by atoms with Crippen molar-refractivity contribution in [1.29, 1.82) is 0 Å². The third-order valence-corrected chi connectivity index (χ3v) is 4.74. The number of nitrogens with two attached hydrogens (primary N) is 1. The van der Waals surface area contributed by atoms with Gasteiger partial charge in [-0.3, -0.25) is 4.21 Å². The zero-order chi connectivity index (χ0) is 13.1. The summed E-state index contributed by atoms with van der Waals surface area (Å²) in [4.78, 5) is 0.604. The van der Waals surface area contributed by atoms with Crippen molar-refractivity contribution in [1.82, 2.24) is 0 Å². The minimum Gasteiger partial charge on any atom is -0.330 e. The Labute approximate surface area is 115 Å². The third kappa shape index (κ3) is 4.59. The molecule has 0 aromatic heterocycles. The first-order valence-electron chi connectivity index (χ1n) is 5.39. The summed E-state index contributed by atoms with van der Waals surface area (Å²) in [6.45, 7) is 4.70. The number of hydrogen-bond acceptors (Lipinski definition) is 2. The van der Waals surface area contributed by atoms with Crippen LogP contribution in [-0.4, -0.2) is 16.5 Å². The Kier molecular flexibility index (Phi) is 5.45. The first-order chi connectivity index (χ1) is 7.85. The number of hydrogen-bond donors (Lipinski definition) is 1. The number of halogens is 2. The molecule has 0 spiro atoms. The van der Waals surface area contributed by atoms with E-state index in [1.54, 1.807) is 18.2 Å². The SMILES string of the molecule is CC(C)(CN)CCS(=O)c1cc(Cl)ccc1Cl. The fraction of sp³-hybridized carbons (Fsp3) is 0.500. The standard InChI is InChI=1S/C12H17Cl2NOS/c1-12(2,8-15)5-6-17(16)11-7-9(13)3-4-10(11)14/h3-4,7H,5-6,8,15H2,1-2H3.